The average molecular weight is 354 g/mol. The van der Waals surface area contributed by atoms with E-state index in [-0.39, 0.29) is 18.1 Å². The minimum Gasteiger partial charge on any atom is -0.354 e. The molecule has 1 amide bonds. The summed E-state index contributed by atoms with van der Waals surface area (Å²) in [7, 11) is 0. The third-order valence-corrected chi connectivity index (χ3v) is 6.92. The number of carbonyl (C=O) groups excluding carboxylic acids is 1. The second kappa shape index (κ2) is 5.96. The van der Waals surface area contributed by atoms with E-state index in [0.717, 1.165) is 24.2 Å². The van der Waals surface area contributed by atoms with E-state index in [9.17, 15) is 9.59 Å². The summed E-state index contributed by atoms with van der Waals surface area (Å²) < 4.78 is 2.71. The summed E-state index contributed by atoms with van der Waals surface area (Å²) in [5.41, 5.74) is 0.776. The average Bonchev–Trinajstić information content (AvgIpc) is 2.90. The summed E-state index contributed by atoms with van der Waals surface area (Å²) in [6.07, 6.45) is 11.2. The minimum atomic E-state index is -0.267. The fraction of sp³-hybridized carbons (Fsp3) is 0.650. The molecule has 2 aromatic heterocycles. The van der Waals surface area contributed by atoms with Crippen molar-refractivity contribution in [2.75, 3.05) is 6.54 Å². The molecule has 26 heavy (non-hydrogen) atoms. The third-order valence-electron chi connectivity index (χ3n) is 6.92. The van der Waals surface area contributed by atoms with Crippen LogP contribution in [-0.2, 0) is 11.3 Å². The predicted octanol–water partition coefficient (Wildman–Crippen LogP) is 2.22. The van der Waals surface area contributed by atoms with Crippen LogP contribution < -0.4 is 11.0 Å². The lowest BCUT2D eigenvalue weighted by molar-refractivity contribution is -0.122. The molecule has 1 N–H and O–H groups in total. The number of rotatable bonds is 5. The molecule has 0 radical (unpaired) electrons. The second-order valence-electron chi connectivity index (χ2n) is 8.89. The van der Waals surface area contributed by atoms with Gasteiger partial charge in [0.25, 0.3) is 0 Å². The molecular formula is C20H26N4O2. The Hall–Kier alpha value is -2.11. The van der Waals surface area contributed by atoms with E-state index in [1.54, 1.807) is 18.3 Å². The van der Waals surface area contributed by atoms with Gasteiger partial charge in [-0.3, -0.25) is 9.20 Å². The molecule has 4 fully saturated rings. The SMILES string of the molecule is O=C(Cn1nc2ccccn2c1=O)NCCC12CC3CC(CC(C3)C1)C2. The van der Waals surface area contributed by atoms with Crippen LogP contribution in [-0.4, -0.2) is 26.6 Å². The van der Waals surface area contributed by atoms with E-state index < -0.39 is 0 Å². The lowest BCUT2D eigenvalue weighted by atomic mass is 9.49. The Morgan fingerprint density at radius 1 is 1.15 bits per heavy atom. The summed E-state index contributed by atoms with van der Waals surface area (Å²) in [5.74, 6) is 2.69. The van der Waals surface area contributed by atoms with Gasteiger partial charge in [-0.2, -0.15) is 0 Å². The molecule has 4 aliphatic rings. The first-order valence-electron chi connectivity index (χ1n) is 9.91. The summed E-state index contributed by atoms with van der Waals surface area (Å²) in [4.78, 5) is 24.6. The number of nitrogens with zero attached hydrogens (tertiary/aromatic N) is 3. The Kier molecular flexibility index (Phi) is 3.69. The molecule has 0 aromatic carbocycles. The normalized spacial score (nSPS) is 32.2. The molecule has 2 heterocycles. The Morgan fingerprint density at radius 3 is 2.50 bits per heavy atom. The van der Waals surface area contributed by atoms with Gasteiger partial charge >= 0.3 is 5.69 Å². The lowest BCUT2D eigenvalue weighted by Crippen LogP contribution is -2.47. The maximum Gasteiger partial charge on any atom is 0.350 e. The van der Waals surface area contributed by atoms with Gasteiger partial charge < -0.3 is 5.32 Å². The minimum absolute atomic E-state index is 0.0125. The van der Waals surface area contributed by atoms with Crippen LogP contribution >= 0.6 is 0 Å². The first kappa shape index (κ1) is 16.1. The van der Waals surface area contributed by atoms with E-state index >= 15 is 0 Å². The van der Waals surface area contributed by atoms with Gasteiger partial charge in [-0.05, 0) is 80.2 Å². The maximum atomic E-state index is 12.3. The standard InChI is InChI=1S/C20H26N4O2/c25-18(13-24-19(26)23-6-2-1-3-17(23)22-24)21-5-4-20-10-14-7-15(11-20)9-16(8-14)12-20/h1-3,6,14-16H,4-5,7-13H2,(H,21,25). The van der Waals surface area contributed by atoms with Crippen LogP contribution in [0.15, 0.2) is 29.2 Å². The molecular weight excluding hydrogens is 328 g/mol. The van der Waals surface area contributed by atoms with Crippen LogP contribution in [0.25, 0.3) is 5.65 Å². The Labute approximate surface area is 152 Å². The lowest BCUT2D eigenvalue weighted by Gasteiger charge is -2.57. The van der Waals surface area contributed by atoms with Gasteiger partial charge in [-0.1, -0.05) is 6.07 Å². The smallest absolute Gasteiger partial charge is 0.350 e. The first-order valence-corrected chi connectivity index (χ1v) is 9.91. The van der Waals surface area contributed by atoms with Gasteiger partial charge in [0.2, 0.25) is 5.91 Å². The molecule has 6 nitrogen and oxygen atoms in total. The maximum absolute atomic E-state index is 12.3. The number of carbonyl (C=O) groups is 1. The van der Waals surface area contributed by atoms with Crippen molar-refractivity contribution < 1.29 is 4.79 Å². The fourth-order valence-electron chi connectivity index (χ4n) is 6.33. The van der Waals surface area contributed by atoms with Crippen molar-refractivity contribution >= 4 is 11.6 Å². The van der Waals surface area contributed by atoms with E-state index in [0.29, 0.717) is 17.6 Å². The first-order chi connectivity index (χ1) is 12.6. The quantitative estimate of drug-likeness (QED) is 0.895. The van der Waals surface area contributed by atoms with Gasteiger partial charge in [0.1, 0.15) is 6.54 Å². The van der Waals surface area contributed by atoms with Crippen LogP contribution in [0.1, 0.15) is 44.9 Å². The highest BCUT2D eigenvalue weighted by molar-refractivity contribution is 5.75. The predicted molar refractivity (Wildman–Crippen MR) is 97.7 cm³/mol. The zero-order chi connectivity index (χ0) is 17.7. The molecule has 4 bridgehead atoms. The van der Waals surface area contributed by atoms with Gasteiger partial charge in [-0.25, -0.2) is 9.48 Å². The highest BCUT2D eigenvalue weighted by Crippen LogP contribution is 2.61. The van der Waals surface area contributed by atoms with E-state index in [4.69, 9.17) is 0 Å². The molecule has 0 atom stereocenters. The van der Waals surface area contributed by atoms with Crippen molar-refractivity contribution in [3.05, 3.63) is 34.9 Å². The summed E-state index contributed by atoms with van der Waals surface area (Å²) in [5, 5.41) is 7.25. The van der Waals surface area contributed by atoms with Crippen LogP contribution in [0.5, 0.6) is 0 Å². The van der Waals surface area contributed by atoms with Crippen molar-refractivity contribution in [1.82, 2.24) is 19.5 Å². The highest BCUT2D eigenvalue weighted by Gasteiger charge is 2.50. The molecule has 6 heteroatoms. The summed E-state index contributed by atoms with van der Waals surface area (Å²) >= 11 is 0. The highest BCUT2D eigenvalue weighted by atomic mass is 16.2. The largest absolute Gasteiger partial charge is 0.354 e. The number of fused-ring (bicyclic) bond motifs is 1. The topological polar surface area (TPSA) is 68.4 Å². The molecule has 0 aliphatic heterocycles. The summed E-state index contributed by atoms with van der Waals surface area (Å²) in [6.45, 7) is 0.703. The number of nitrogens with one attached hydrogen (secondary N) is 1. The van der Waals surface area contributed by atoms with Crippen LogP contribution in [0.3, 0.4) is 0 Å². The van der Waals surface area contributed by atoms with Crippen molar-refractivity contribution in [3.63, 3.8) is 0 Å². The van der Waals surface area contributed by atoms with E-state index in [1.807, 2.05) is 6.07 Å². The number of hydrogen-bond donors (Lipinski definition) is 1. The molecule has 138 valence electrons. The number of aromatic nitrogens is 3. The van der Waals surface area contributed by atoms with Gasteiger partial charge in [0, 0.05) is 12.7 Å². The number of amides is 1. The Morgan fingerprint density at radius 2 is 1.85 bits per heavy atom. The van der Waals surface area contributed by atoms with Crippen LogP contribution in [0, 0.1) is 23.2 Å². The molecule has 0 unspecified atom stereocenters. The second-order valence-corrected chi connectivity index (χ2v) is 8.89. The van der Waals surface area contributed by atoms with Crippen LogP contribution in [0.4, 0.5) is 0 Å². The van der Waals surface area contributed by atoms with Crippen molar-refractivity contribution in [3.8, 4) is 0 Å². The van der Waals surface area contributed by atoms with Gasteiger partial charge in [0.05, 0.1) is 0 Å². The number of pyridine rings is 1. The Bertz CT molecular complexity index is 861. The zero-order valence-electron chi connectivity index (χ0n) is 15.1. The van der Waals surface area contributed by atoms with Crippen molar-refractivity contribution in [2.45, 2.75) is 51.5 Å². The van der Waals surface area contributed by atoms with Crippen molar-refractivity contribution in [1.29, 1.82) is 0 Å². The van der Waals surface area contributed by atoms with Crippen molar-refractivity contribution in [2.24, 2.45) is 23.2 Å². The molecule has 4 saturated carbocycles. The van der Waals surface area contributed by atoms with Gasteiger partial charge in [0.15, 0.2) is 5.65 Å². The molecule has 6 rings (SSSR count). The van der Waals surface area contributed by atoms with E-state index in [2.05, 4.69) is 10.4 Å². The van der Waals surface area contributed by atoms with E-state index in [1.165, 1.54) is 47.6 Å². The van der Waals surface area contributed by atoms with Crippen LogP contribution in [0.2, 0.25) is 0 Å². The molecule has 2 aromatic rings. The third kappa shape index (κ3) is 2.75. The fourth-order valence-corrected chi connectivity index (χ4v) is 6.33. The zero-order valence-corrected chi connectivity index (χ0v) is 15.1. The monoisotopic (exact) mass is 354 g/mol. The Balaban J connectivity index is 1.19. The number of hydrogen-bond acceptors (Lipinski definition) is 3. The molecule has 4 aliphatic carbocycles. The summed E-state index contributed by atoms with van der Waals surface area (Å²) in [6, 6.07) is 5.38. The van der Waals surface area contributed by atoms with Gasteiger partial charge in [-0.15, -0.1) is 5.10 Å². The molecule has 0 saturated heterocycles. The molecule has 0 spiro atoms.